The van der Waals surface area contributed by atoms with Crippen LogP contribution in [-0.2, 0) is 29.9 Å². The Bertz CT molecular complexity index is 536. The fraction of sp³-hybridized carbons (Fsp3) is 0.818. The number of halogens is 1. The minimum Gasteiger partial charge on any atom is -0.477 e. The smallest absolute Gasteiger partial charge is 0.369 e. The van der Waals surface area contributed by atoms with Gasteiger partial charge in [-0.15, -0.1) is 0 Å². The predicted octanol–water partition coefficient (Wildman–Crippen LogP) is -3.76. The molecule has 0 aromatic heterocycles. The van der Waals surface area contributed by atoms with Crippen LogP contribution in [0.15, 0.2) is 0 Å². The number of carboxylic acids is 1. The number of carboxylic acid groups (broad SMARTS) is 1. The SMILES string of the molecule is CC(=O)N[C@H]1C([C@H](O)[C@H](O)CO)O[C@](OS(=O)O)(C(=O)O)[C@@H](F)C1O. The number of carbonyl (C=O) groups is 2. The molecule has 0 aromatic rings. The quantitative estimate of drug-likeness (QED) is 0.210. The second kappa shape index (κ2) is 8.41. The van der Waals surface area contributed by atoms with Crippen molar-refractivity contribution in [2.45, 2.75) is 49.3 Å². The van der Waals surface area contributed by atoms with Gasteiger partial charge in [0.25, 0.3) is 0 Å². The van der Waals surface area contributed by atoms with Crippen molar-refractivity contribution in [2.24, 2.45) is 0 Å². The first kappa shape index (κ1) is 21.8. The maximum Gasteiger partial charge on any atom is 0.369 e. The molecule has 25 heavy (non-hydrogen) atoms. The van der Waals surface area contributed by atoms with Gasteiger partial charge in [-0.25, -0.2) is 13.4 Å². The van der Waals surface area contributed by atoms with E-state index in [2.05, 4.69) is 4.18 Å². The van der Waals surface area contributed by atoms with Crippen LogP contribution in [0.25, 0.3) is 0 Å². The number of amides is 1. The highest BCUT2D eigenvalue weighted by molar-refractivity contribution is 7.74. The first-order chi connectivity index (χ1) is 11.5. The summed E-state index contributed by atoms with van der Waals surface area (Å²) in [5, 5.41) is 49.5. The number of hydrogen-bond acceptors (Lipinski definition) is 9. The summed E-state index contributed by atoms with van der Waals surface area (Å²) in [6.45, 7) is -0.0694. The third-order valence-corrected chi connectivity index (χ3v) is 3.87. The van der Waals surface area contributed by atoms with Gasteiger partial charge in [-0.1, -0.05) is 0 Å². The van der Waals surface area contributed by atoms with Crippen LogP contribution in [0.1, 0.15) is 6.92 Å². The molecular formula is C11H18FNO11S. The molecule has 1 aliphatic heterocycles. The molecule has 1 rings (SSSR count). The van der Waals surface area contributed by atoms with Crippen LogP contribution >= 0.6 is 0 Å². The molecule has 0 aliphatic carbocycles. The van der Waals surface area contributed by atoms with Crippen molar-refractivity contribution in [3.63, 3.8) is 0 Å². The fourth-order valence-electron chi connectivity index (χ4n) is 2.33. The number of ether oxygens (including phenoxy) is 1. The lowest BCUT2D eigenvalue weighted by Crippen LogP contribution is -2.73. The zero-order valence-electron chi connectivity index (χ0n) is 12.7. The lowest BCUT2D eigenvalue weighted by molar-refractivity contribution is -0.308. The highest BCUT2D eigenvalue weighted by atomic mass is 32.2. The van der Waals surface area contributed by atoms with Crippen LogP contribution < -0.4 is 5.32 Å². The normalized spacial score (nSPS) is 36.3. The molecule has 0 bridgehead atoms. The van der Waals surface area contributed by atoms with E-state index in [1.807, 2.05) is 5.32 Å². The summed E-state index contributed by atoms with van der Waals surface area (Å²) in [6, 6.07) is -1.77. The number of alkyl halides is 1. The Morgan fingerprint density at radius 3 is 2.40 bits per heavy atom. The second-order valence-electron chi connectivity index (χ2n) is 5.21. The van der Waals surface area contributed by atoms with Gasteiger partial charge in [0.15, 0.2) is 6.17 Å². The first-order valence-electron chi connectivity index (χ1n) is 6.75. The molecule has 0 saturated carbocycles. The van der Waals surface area contributed by atoms with Gasteiger partial charge >= 0.3 is 23.1 Å². The minimum atomic E-state index is -3.52. The van der Waals surface area contributed by atoms with Gasteiger partial charge in [0.2, 0.25) is 5.91 Å². The summed E-state index contributed by atoms with van der Waals surface area (Å²) in [5.74, 6) is -6.60. The van der Waals surface area contributed by atoms with Gasteiger partial charge in [0.1, 0.15) is 24.4 Å². The van der Waals surface area contributed by atoms with Gasteiger partial charge in [-0.3, -0.25) is 9.35 Å². The minimum absolute atomic E-state index is 0.829. The Morgan fingerprint density at radius 2 is 2.00 bits per heavy atom. The van der Waals surface area contributed by atoms with Gasteiger partial charge in [0, 0.05) is 6.92 Å². The molecule has 7 N–H and O–H groups in total. The summed E-state index contributed by atoms with van der Waals surface area (Å²) in [6.07, 6.45) is -11.4. The Balaban J connectivity index is 3.37. The number of rotatable bonds is 7. The van der Waals surface area contributed by atoms with Crippen molar-refractivity contribution in [1.82, 2.24) is 5.32 Å². The van der Waals surface area contributed by atoms with Crippen molar-refractivity contribution in [3.8, 4) is 0 Å². The van der Waals surface area contributed by atoms with E-state index in [0.717, 1.165) is 6.92 Å². The largest absolute Gasteiger partial charge is 0.477 e. The standard InChI is InChI=1S/C11H18FNO11S/c1-3(15)13-5-7(18)9(12)11(10(19)20,24-25(21)22)23-8(5)6(17)4(16)2-14/h4-9,14,16-18H,2H2,1H3,(H,13,15)(H,19,20)(H,21,22)/t4-,5-,6-,7?,8?,9+,11-/m1/s1. The molecule has 1 aliphatic rings. The van der Waals surface area contributed by atoms with Crippen molar-refractivity contribution >= 4 is 23.2 Å². The molecule has 1 fully saturated rings. The van der Waals surface area contributed by atoms with E-state index in [-0.39, 0.29) is 0 Å². The van der Waals surface area contributed by atoms with E-state index in [4.69, 9.17) is 19.5 Å². The highest BCUT2D eigenvalue weighted by Gasteiger charge is 2.64. The fourth-order valence-corrected chi connectivity index (χ4v) is 2.74. The van der Waals surface area contributed by atoms with Crippen molar-refractivity contribution in [2.75, 3.05) is 6.61 Å². The van der Waals surface area contributed by atoms with Gasteiger partial charge < -0.3 is 35.6 Å². The monoisotopic (exact) mass is 391 g/mol. The molecule has 0 aromatic carbocycles. The molecular weight excluding hydrogens is 373 g/mol. The molecule has 1 amide bonds. The van der Waals surface area contributed by atoms with Crippen LogP contribution in [0.3, 0.4) is 0 Å². The molecule has 14 heteroatoms. The number of nitrogens with one attached hydrogen (secondary N) is 1. The van der Waals surface area contributed by atoms with Crippen molar-refractivity contribution in [1.29, 1.82) is 0 Å². The Labute approximate surface area is 142 Å². The van der Waals surface area contributed by atoms with Crippen LogP contribution in [0, 0.1) is 0 Å². The molecule has 8 atom stereocenters. The molecule has 146 valence electrons. The average Bonchev–Trinajstić information content (AvgIpc) is 2.52. The first-order valence-corrected chi connectivity index (χ1v) is 7.78. The molecule has 0 spiro atoms. The zero-order chi connectivity index (χ0) is 19.5. The predicted molar refractivity (Wildman–Crippen MR) is 74.7 cm³/mol. The van der Waals surface area contributed by atoms with E-state index < -0.39 is 72.3 Å². The van der Waals surface area contributed by atoms with Gasteiger partial charge in [-0.05, 0) is 0 Å². The molecule has 0 radical (unpaired) electrons. The third kappa shape index (κ3) is 4.48. The lowest BCUT2D eigenvalue weighted by Gasteiger charge is -2.47. The zero-order valence-corrected chi connectivity index (χ0v) is 13.5. The van der Waals surface area contributed by atoms with E-state index in [1.54, 1.807) is 0 Å². The van der Waals surface area contributed by atoms with Crippen LogP contribution in [0.4, 0.5) is 4.39 Å². The lowest BCUT2D eigenvalue weighted by atomic mass is 9.87. The van der Waals surface area contributed by atoms with Crippen LogP contribution in [0.5, 0.6) is 0 Å². The Hall–Kier alpha value is -1.26. The number of aliphatic hydroxyl groups is 4. The summed E-state index contributed by atoms with van der Waals surface area (Å²) >= 11 is -3.36. The number of aliphatic carboxylic acids is 1. The third-order valence-electron chi connectivity index (χ3n) is 3.48. The Morgan fingerprint density at radius 1 is 1.44 bits per heavy atom. The maximum atomic E-state index is 14.5. The summed E-state index contributed by atoms with van der Waals surface area (Å²) < 4.78 is 42.9. The summed E-state index contributed by atoms with van der Waals surface area (Å²) in [7, 11) is 0. The van der Waals surface area contributed by atoms with Gasteiger partial charge in [-0.2, -0.15) is 4.21 Å². The van der Waals surface area contributed by atoms with Crippen LogP contribution in [0.2, 0.25) is 0 Å². The van der Waals surface area contributed by atoms with E-state index >= 15 is 0 Å². The average molecular weight is 391 g/mol. The Kier molecular flexibility index (Phi) is 7.33. The topological polar surface area (TPSA) is 203 Å². The van der Waals surface area contributed by atoms with Crippen LogP contribution in [-0.4, -0.2) is 95.2 Å². The summed E-state index contributed by atoms with van der Waals surface area (Å²) in [4.78, 5) is 22.6. The second-order valence-corrected chi connectivity index (χ2v) is 5.82. The van der Waals surface area contributed by atoms with E-state index in [9.17, 15) is 33.5 Å². The highest BCUT2D eigenvalue weighted by Crippen LogP contribution is 2.36. The number of carbonyl (C=O) groups excluding carboxylic acids is 1. The summed E-state index contributed by atoms with van der Waals surface area (Å²) in [5.41, 5.74) is 0. The van der Waals surface area contributed by atoms with Crippen molar-refractivity contribution in [3.05, 3.63) is 0 Å². The maximum absolute atomic E-state index is 14.5. The van der Waals surface area contributed by atoms with Gasteiger partial charge in [0.05, 0.1) is 12.6 Å². The molecule has 3 unspecified atom stereocenters. The van der Waals surface area contributed by atoms with Crippen molar-refractivity contribution < 1.29 is 57.2 Å². The molecule has 1 saturated heterocycles. The van der Waals surface area contributed by atoms with E-state index in [1.165, 1.54) is 0 Å². The number of aliphatic hydroxyl groups excluding tert-OH is 4. The van der Waals surface area contributed by atoms with E-state index in [0.29, 0.717) is 0 Å². The number of hydrogen-bond donors (Lipinski definition) is 7. The molecule has 1 heterocycles. The molecule has 12 nitrogen and oxygen atoms in total.